The number of carbonyl (C=O) groups is 1. The van der Waals surface area contributed by atoms with Crippen LogP contribution in [-0.4, -0.2) is 23.4 Å². The highest BCUT2D eigenvalue weighted by atomic mass is 16.5. The van der Waals surface area contributed by atoms with Crippen molar-refractivity contribution in [1.82, 2.24) is 0 Å². The molecule has 0 radical (unpaired) electrons. The summed E-state index contributed by atoms with van der Waals surface area (Å²) in [5.74, 6) is 0. The fourth-order valence-electron chi connectivity index (χ4n) is 1.57. The molecule has 0 saturated carbocycles. The van der Waals surface area contributed by atoms with Gasteiger partial charge in [0.25, 0.3) is 0 Å². The largest absolute Gasteiger partial charge is 0.596 e. The Bertz CT molecular complexity index is 370. The van der Waals surface area contributed by atoms with Gasteiger partial charge in [0.2, 0.25) is 0 Å². The predicted octanol–water partition coefficient (Wildman–Crippen LogP) is 2.20. The molecule has 1 aromatic rings. The van der Waals surface area contributed by atoms with Crippen LogP contribution in [0.25, 0.3) is 0 Å². The monoisotopic (exact) mass is 204 g/mol. The fraction of sp³-hybridized carbons (Fsp3) is 0.333. The molecule has 0 saturated heterocycles. The minimum Gasteiger partial charge on any atom is -0.407 e. The van der Waals surface area contributed by atoms with Crippen molar-refractivity contribution >= 4 is 12.3 Å². The van der Waals surface area contributed by atoms with E-state index in [9.17, 15) is 4.79 Å². The zero-order valence-electron chi connectivity index (χ0n) is 8.56. The molecule has 0 bridgehead atoms. The van der Waals surface area contributed by atoms with Gasteiger partial charge in [-0.1, -0.05) is 30.3 Å². The van der Waals surface area contributed by atoms with Gasteiger partial charge in [0.05, 0.1) is 0 Å². The van der Waals surface area contributed by atoms with Crippen LogP contribution in [0.5, 0.6) is 0 Å². The Morgan fingerprint density at radius 3 is 2.80 bits per heavy atom. The number of carbonyl (C=O) groups excluding carboxylic acids is 1. The Labute approximate surface area is 89.0 Å². The molecule has 3 heteroatoms. The first-order valence-corrected chi connectivity index (χ1v) is 5.17. The summed E-state index contributed by atoms with van der Waals surface area (Å²) < 4.78 is 6.81. The lowest BCUT2D eigenvalue weighted by Crippen LogP contribution is -2.19. The smallest absolute Gasteiger partial charge is 0.407 e. The Morgan fingerprint density at radius 2 is 2.13 bits per heavy atom. The normalized spacial score (nSPS) is 14.8. The zero-order chi connectivity index (χ0) is 10.5. The van der Waals surface area contributed by atoms with Crippen molar-refractivity contribution in [3.05, 3.63) is 35.9 Å². The van der Waals surface area contributed by atoms with Crippen LogP contribution in [0.15, 0.2) is 30.3 Å². The highest BCUT2D eigenvalue weighted by molar-refractivity contribution is 5.67. The first-order chi connectivity index (χ1) is 7.36. The summed E-state index contributed by atoms with van der Waals surface area (Å²) in [5, 5.41) is 0. The summed E-state index contributed by atoms with van der Waals surface area (Å²) in [6, 6.07) is 9.71. The van der Waals surface area contributed by atoms with E-state index >= 15 is 0 Å². The molecule has 0 spiro atoms. The van der Waals surface area contributed by atoms with E-state index in [0.717, 1.165) is 24.9 Å². The van der Waals surface area contributed by atoms with Crippen LogP contribution in [0, 0.1) is 0 Å². The van der Waals surface area contributed by atoms with Crippen LogP contribution < -0.4 is 0 Å². The van der Waals surface area contributed by atoms with E-state index in [0.29, 0.717) is 6.61 Å². The Kier molecular flexibility index (Phi) is 3.12. The summed E-state index contributed by atoms with van der Waals surface area (Å²) in [7, 11) is 0. The maximum atomic E-state index is 11.5. The predicted molar refractivity (Wildman–Crippen MR) is 57.1 cm³/mol. The Hall–Kier alpha value is -1.64. The van der Waals surface area contributed by atoms with Gasteiger partial charge in [-0.05, 0) is 5.56 Å². The number of rotatable bonds is 2. The Balaban J connectivity index is 1.86. The molecule has 1 aromatic carbocycles. The molecule has 0 unspecified atom stereocenters. The lowest BCUT2D eigenvalue weighted by atomic mass is 10.2. The first-order valence-electron chi connectivity index (χ1n) is 5.17. The summed E-state index contributed by atoms with van der Waals surface area (Å²) in [4.78, 5) is 11.5. The molecule has 2 rings (SSSR count). The standard InChI is InChI=1S/C12H14NO2/c14-12(13-8-4-5-9-13)15-10-11-6-2-1-3-7-11/h1-3,6-8H,4-5,9-10H2/q+1. The summed E-state index contributed by atoms with van der Waals surface area (Å²) >= 11 is 0. The second kappa shape index (κ2) is 4.73. The van der Waals surface area contributed by atoms with Gasteiger partial charge in [-0.25, -0.2) is 0 Å². The molecule has 1 aliphatic rings. The van der Waals surface area contributed by atoms with Gasteiger partial charge >= 0.3 is 6.09 Å². The number of hydrogen-bond donors (Lipinski definition) is 0. The lowest BCUT2D eigenvalue weighted by molar-refractivity contribution is -0.434. The van der Waals surface area contributed by atoms with E-state index in [4.69, 9.17) is 4.74 Å². The molecule has 0 N–H and O–H groups in total. The third-order valence-electron chi connectivity index (χ3n) is 2.39. The molecule has 1 aliphatic heterocycles. The average molecular weight is 204 g/mol. The molecule has 1 heterocycles. The first kappa shape index (κ1) is 9.90. The van der Waals surface area contributed by atoms with Crippen molar-refractivity contribution in [2.45, 2.75) is 19.4 Å². The molecule has 3 nitrogen and oxygen atoms in total. The fourth-order valence-corrected chi connectivity index (χ4v) is 1.57. The maximum Gasteiger partial charge on any atom is 0.596 e. The highest BCUT2D eigenvalue weighted by Gasteiger charge is 2.22. The number of amides is 1. The van der Waals surface area contributed by atoms with Gasteiger partial charge in [-0.3, -0.25) is 0 Å². The molecule has 0 fully saturated rings. The SMILES string of the molecule is O=C(OCc1ccccc1)[N+]1=CCCC1. The average Bonchev–Trinajstić information content (AvgIpc) is 2.81. The van der Waals surface area contributed by atoms with Gasteiger partial charge in [0.1, 0.15) is 6.61 Å². The second-order valence-electron chi connectivity index (χ2n) is 3.56. The van der Waals surface area contributed by atoms with Crippen molar-refractivity contribution in [3.8, 4) is 0 Å². The van der Waals surface area contributed by atoms with Crippen LogP contribution in [0.2, 0.25) is 0 Å². The van der Waals surface area contributed by atoms with Gasteiger partial charge < -0.3 is 4.74 Å². The van der Waals surface area contributed by atoms with Crippen LogP contribution in [0.1, 0.15) is 18.4 Å². The van der Waals surface area contributed by atoms with Crippen molar-refractivity contribution in [1.29, 1.82) is 0 Å². The molecular formula is C12H14NO2+. The topological polar surface area (TPSA) is 29.3 Å². The van der Waals surface area contributed by atoms with Gasteiger partial charge in [0, 0.05) is 12.8 Å². The van der Waals surface area contributed by atoms with E-state index in [1.165, 1.54) is 0 Å². The molecule has 1 amide bonds. The van der Waals surface area contributed by atoms with E-state index in [-0.39, 0.29) is 6.09 Å². The molecule has 0 aromatic heterocycles. The van der Waals surface area contributed by atoms with Gasteiger partial charge in [0.15, 0.2) is 12.8 Å². The quantitative estimate of drug-likeness (QED) is 0.691. The van der Waals surface area contributed by atoms with Crippen LogP contribution in [0.3, 0.4) is 0 Å². The summed E-state index contributed by atoms with van der Waals surface area (Å²) in [5.41, 5.74) is 1.02. The van der Waals surface area contributed by atoms with Crippen LogP contribution in [0.4, 0.5) is 4.79 Å². The van der Waals surface area contributed by atoms with Crippen molar-refractivity contribution < 1.29 is 14.1 Å². The summed E-state index contributed by atoms with van der Waals surface area (Å²) in [6.45, 7) is 1.14. The molecule has 15 heavy (non-hydrogen) atoms. The summed E-state index contributed by atoms with van der Waals surface area (Å²) in [6.07, 6.45) is 3.67. The minimum absolute atomic E-state index is 0.239. The molecule has 0 aliphatic carbocycles. The third kappa shape index (κ3) is 2.65. The van der Waals surface area contributed by atoms with E-state index in [1.807, 2.05) is 36.5 Å². The molecule has 0 atom stereocenters. The van der Waals surface area contributed by atoms with E-state index < -0.39 is 0 Å². The maximum absolute atomic E-state index is 11.5. The number of hydrogen-bond acceptors (Lipinski definition) is 2. The Morgan fingerprint density at radius 1 is 1.33 bits per heavy atom. The molecular weight excluding hydrogens is 190 g/mol. The second-order valence-corrected chi connectivity index (χ2v) is 3.56. The van der Waals surface area contributed by atoms with E-state index in [2.05, 4.69) is 0 Å². The van der Waals surface area contributed by atoms with E-state index in [1.54, 1.807) is 4.58 Å². The lowest BCUT2D eigenvalue weighted by Gasteiger charge is -2.00. The van der Waals surface area contributed by atoms with Crippen molar-refractivity contribution in [2.24, 2.45) is 0 Å². The minimum atomic E-state index is -0.239. The zero-order valence-corrected chi connectivity index (χ0v) is 8.56. The highest BCUT2D eigenvalue weighted by Crippen LogP contribution is 2.03. The van der Waals surface area contributed by atoms with Gasteiger partial charge in [-0.2, -0.15) is 4.79 Å². The van der Waals surface area contributed by atoms with Gasteiger partial charge in [-0.15, -0.1) is 4.58 Å². The number of nitrogens with zero attached hydrogens (tertiary/aromatic N) is 1. The molecule has 78 valence electrons. The third-order valence-corrected chi connectivity index (χ3v) is 2.39. The van der Waals surface area contributed by atoms with Crippen LogP contribution >= 0.6 is 0 Å². The van der Waals surface area contributed by atoms with Crippen molar-refractivity contribution in [2.75, 3.05) is 6.54 Å². The van der Waals surface area contributed by atoms with Crippen molar-refractivity contribution in [3.63, 3.8) is 0 Å². The number of ether oxygens (including phenoxy) is 1. The van der Waals surface area contributed by atoms with Crippen LogP contribution in [-0.2, 0) is 11.3 Å². The number of benzene rings is 1.